The molecule has 2 fully saturated rings. The quantitative estimate of drug-likeness (QED) is 0.458. The van der Waals surface area contributed by atoms with Gasteiger partial charge in [-0.15, -0.1) is 0 Å². The number of carboxylic acid groups (broad SMARTS) is 2. The summed E-state index contributed by atoms with van der Waals surface area (Å²) in [5, 5.41) is 22.9. The number of rotatable bonds is 4. The van der Waals surface area contributed by atoms with Gasteiger partial charge in [0.1, 0.15) is 11.2 Å². The lowest BCUT2D eigenvalue weighted by Gasteiger charge is -2.29. The van der Waals surface area contributed by atoms with E-state index in [-0.39, 0.29) is 24.9 Å². The van der Waals surface area contributed by atoms with E-state index in [2.05, 4.69) is 10.6 Å². The van der Waals surface area contributed by atoms with E-state index in [1.807, 2.05) is 0 Å². The molecule has 0 aliphatic carbocycles. The molecule has 0 radical (unpaired) electrons. The van der Waals surface area contributed by atoms with Gasteiger partial charge in [-0.25, -0.2) is 19.2 Å². The van der Waals surface area contributed by atoms with Crippen LogP contribution in [-0.2, 0) is 28.5 Å². The molecule has 12 nitrogen and oxygen atoms in total. The van der Waals surface area contributed by atoms with Gasteiger partial charge in [0.15, 0.2) is 12.2 Å². The lowest BCUT2D eigenvalue weighted by molar-refractivity contribution is -0.154. The molecule has 2 rings (SSSR count). The maximum absolute atomic E-state index is 11.5. The van der Waals surface area contributed by atoms with E-state index in [9.17, 15) is 19.2 Å². The average Bonchev–Trinajstić information content (AvgIpc) is 2.65. The number of aliphatic carboxylic acids is 2. The fraction of sp³-hybridized carbons (Fsp3) is 0.818. The summed E-state index contributed by atoms with van der Waals surface area (Å²) in [6.07, 6.45) is -0.982. The predicted molar refractivity (Wildman–Crippen MR) is 120 cm³/mol. The Balaban J connectivity index is 0.000000340. The normalized spacial score (nSPS) is 25.1. The maximum atomic E-state index is 11.5. The van der Waals surface area contributed by atoms with Crippen molar-refractivity contribution in [3.8, 4) is 0 Å². The number of nitrogens with one attached hydrogen (secondary N) is 2. The van der Waals surface area contributed by atoms with E-state index in [4.69, 9.17) is 29.2 Å². The van der Waals surface area contributed by atoms with Crippen molar-refractivity contribution in [1.29, 1.82) is 0 Å². The van der Waals surface area contributed by atoms with Crippen LogP contribution < -0.4 is 10.6 Å². The van der Waals surface area contributed by atoms with Crippen LogP contribution in [-0.4, -0.2) is 83.0 Å². The van der Waals surface area contributed by atoms with Crippen LogP contribution in [0.5, 0.6) is 0 Å². The van der Waals surface area contributed by atoms with Crippen molar-refractivity contribution in [3.63, 3.8) is 0 Å². The van der Waals surface area contributed by atoms with Crippen LogP contribution in [0.4, 0.5) is 9.59 Å². The summed E-state index contributed by atoms with van der Waals surface area (Å²) < 4.78 is 20.3. The smallest absolute Gasteiger partial charge is 0.407 e. The third-order valence-corrected chi connectivity index (χ3v) is 4.56. The van der Waals surface area contributed by atoms with Gasteiger partial charge in [-0.1, -0.05) is 0 Å². The molecule has 4 atom stereocenters. The second-order valence-corrected chi connectivity index (χ2v) is 10.1. The minimum atomic E-state index is -0.999. The SMILES string of the molecule is CC(C)(C)OC(=O)N[C@@H]1CCO[C@@H](C(=O)O)C1.CC(C)(C)OC(=O)N[C@H]1CCO[C@H](C(=O)O)C1. The molecule has 34 heavy (non-hydrogen) atoms. The highest BCUT2D eigenvalue weighted by Gasteiger charge is 2.31. The molecular formula is C22H38N2O10. The molecule has 2 saturated heterocycles. The van der Waals surface area contributed by atoms with Gasteiger partial charge in [0.05, 0.1) is 0 Å². The second-order valence-electron chi connectivity index (χ2n) is 10.1. The Morgan fingerprint density at radius 3 is 1.29 bits per heavy atom. The first kappa shape index (κ1) is 29.4. The van der Waals surface area contributed by atoms with Gasteiger partial charge in [-0.3, -0.25) is 0 Å². The number of carboxylic acids is 2. The predicted octanol–water partition coefficient (Wildman–Crippen LogP) is 2.29. The lowest BCUT2D eigenvalue weighted by Crippen LogP contribution is -2.45. The van der Waals surface area contributed by atoms with Gasteiger partial charge < -0.3 is 39.8 Å². The number of alkyl carbamates (subject to hydrolysis) is 2. The largest absolute Gasteiger partial charge is 0.479 e. The second kappa shape index (κ2) is 12.7. The Bertz CT molecular complexity index is 653. The fourth-order valence-corrected chi connectivity index (χ4v) is 3.15. The van der Waals surface area contributed by atoms with Crippen molar-refractivity contribution in [2.24, 2.45) is 0 Å². The lowest BCUT2D eigenvalue weighted by atomic mass is 10.0. The summed E-state index contributed by atoms with van der Waals surface area (Å²) in [5.74, 6) is -2.00. The molecule has 2 heterocycles. The van der Waals surface area contributed by atoms with Crippen LogP contribution in [0.1, 0.15) is 67.2 Å². The van der Waals surface area contributed by atoms with Crippen molar-refractivity contribution >= 4 is 24.1 Å². The third-order valence-electron chi connectivity index (χ3n) is 4.56. The van der Waals surface area contributed by atoms with E-state index < -0.39 is 47.5 Å². The van der Waals surface area contributed by atoms with Crippen LogP contribution in [0.15, 0.2) is 0 Å². The Morgan fingerprint density at radius 2 is 1.03 bits per heavy atom. The van der Waals surface area contributed by atoms with E-state index in [0.717, 1.165) is 0 Å². The molecule has 196 valence electrons. The van der Waals surface area contributed by atoms with Gasteiger partial charge in [-0.2, -0.15) is 0 Å². The number of ether oxygens (including phenoxy) is 4. The third kappa shape index (κ3) is 12.6. The monoisotopic (exact) mass is 490 g/mol. The van der Waals surface area contributed by atoms with Crippen LogP contribution in [0, 0.1) is 0 Å². The highest BCUT2D eigenvalue weighted by atomic mass is 16.6. The van der Waals surface area contributed by atoms with E-state index in [1.54, 1.807) is 41.5 Å². The molecule has 0 unspecified atom stereocenters. The standard InChI is InChI=1S/2C11H19NO5/c2*1-11(2,3)17-10(15)12-7-4-5-16-8(6-7)9(13)14/h2*7-8H,4-6H2,1-3H3,(H,12,15)(H,13,14)/t2*7-,8-/m10/s1. The van der Waals surface area contributed by atoms with Gasteiger partial charge in [0.2, 0.25) is 0 Å². The van der Waals surface area contributed by atoms with Gasteiger partial charge in [0.25, 0.3) is 0 Å². The van der Waals surface area contributed by atoms with Crippen molar-refractivity contribution in [2.75, 3.05) is 13.2 Å². The first-order valence-electron chi connectivity index (χ1n) is 11.2. The van der Waals surface area contributed by atoms with Crippen LogP contribution in [0.3, 0.4) is 0 Å². The van der Waals surface area contributed by atoms with Crippen LogP contribution >= 0.6 is 0 Å². The molecule has 0 saturated carbocycles. The molecule has 12 heteroatoms. The van der Waals surface area contributed by atoms with E-state index >= 15 is 0 Å². The zero-order valence-corrected chi connectivity index (χ0v) is 20.7. The van der Waals surface area contributed by atoms with Gasteiger partial charge in [-0.05, 0) is 54.4 Å². The number of carbonyl (C=O) groups excluding carboxylic acids is 2. The fourth-order valence-electron chi connectivity index (χ4n) is 3.15. The Hall–Kier alpha value is -2.60. The molecule has 2 aliphatic rings. The van der Waals surface area contributed by atoms with Crippen molar-refractivity contribution in [2.45, 2.75) is 103 Å². The molecule has 0 aromatic carbocycles. The zero-order chi connectivity index (χ0) is 26.1. The Morgan fingerprint density at radius 1 is 0.706 bits per heavy atom. The summed E-state index contributed by atoms with van der Waals surface area (Å²) in [4.78, 5) is 44.5. The number of hydrogen-bond acceptors (Lipinski definition) is 8. The van der Waals surface area contributed by atoms with E-state index in [1.165, 1.54) is 0 Å². The Labute approximate surface area is 199 Å². The minimum absolute atomic E-state index is 0.209. The molecule has 0 aromatic heterocycles. The Kier molecular flexibility index (Phi) is 11.0. The summed E-state index contributed by atoms with van der Waals surface area (Å²) >= 11 is 0. The molecule has 2 amide bonds. The molecule has 0 bridgehead atoms. The highest BCUT2D eigenvalue weighted by molar-refractivity contribution is 5.73. The van der Waals surface area contributed by atoms with Gasteiger partial charge >= 0.3 is 24.1 Å². The van der Waals surface area contributed by atoms with Crippen molar-refractivity contribution in [1.82, 2.24) is 10.6 Å². The molecule has 4 N–H and O–H groups in total. The van der Waals surface area contributed by atoms with Crippen LogP contribution in [0.25, 0.3) is 0 Å². The first-order valence-corrected chi connectivity index (χ1v) is 11.2. The molecule has 2 aliphatic heterocycles. The topological polar surface area (TPSA) is 170 Å². The first-order chi connectivity index (χ1) is 15.6. The average molecular weight is 491 g/mol. The molecule has 0 spiro atoms. The molecule has 0 aromatic rings. The van der Waals surface area contributed by atoms with E-state index in [0.29, 0.717) is 26.1 Å². The highest BCUT2D eigenvalue weighted by Crippen LogP contribution is 2.16. The number of hydrogen-bond donors (Lipinski definition) is 4. The van der Waals surface area contributed by atoms with Gasteiger partial charge in [0, 0.05) is 38.1 Å². The summed E-state index contributed by atoms with van der Waals surface area (Å²) in [6.45, 7) is 11.3. The minimum Gasteiger partial charge on any atom is -0.479 e. The van der Waals surface area contributed by atoms with Crippen molar-refractivity contribution < 1.29 is 48.3 Å². The number of amides is 2. The molecular weight excluding hydrogens is 452 g/mol. The summed E-state index contributed by atoms with van der Waals surface area (Å²) in [6, 6.07) is -0.417. The van der Waals surface area contributed by atoms with Crippen LogP contribution in [0.2, 0.25) is 0 Å². The summed E-state index contributed by atoms with van der Waals surface area (Å²) in [7, 11) is 0. The maximum Gasteiger partial charge on any atom is 0.407 e. The zero-order valence-electron chi connectivity index (χ0n) is 20.7. The number of carbonyl (C=O) groups is 4. The van der Waals surface area contributed by atoms with Crippen molar-refractivity contribution in [3.05, 3.63) is 0 Å². The summed E-state index contributed by atoms with van der Waals surface area (Å²) in [5.41, 5.74) is -1.11.